The zero-order valence-corrected chi connectivity index (χ0v) is 12.8. The quantitative estimate of drug-likeness (QED) is 0.723. The van der Waals surface area contributed by atoms with Gasteiger partial charge in [0.25, 0.3) is 0 Å². The number of ketones is 2. The molecular formula is C18H20N2O3. The number of ether oxygens (including phenoxy) is 1. The molecule has 23 heavy (non-hydrogen) atoms. The molecule has 0 radical (unpaired) electrons. The number of hydrogen-bond acceptors (Lipinski definition) is 5. The number of carbonyl (C=O) groups is 2. The van der Waals surface area contributed by atoms with Crippen molar-refractivity contribution < 1.29 is 14.3 Å². The van der Waals surface area contributed by atoms with Gasteiger partial charge in [-0.2, -0.15) is 0 Å². The number of nitrogens with two attached hydrogens (primary N) is 2. The van der Waals surface area contributed by atoms with Crippen LogP contribution in [0, 0.1) is 0 Å². The van der Waals surface area contributed by atoms with E-state index in [1.165, 1.54) is 0 Å². The molecule has 0 amide bonds. The van der Waals surface area contributed by atoms with E-state index in [-0.39, 0.29) is 24.7 Å². The second-order valence-electron chi connectivity index (χ2n) is 5.14. The van der Waals surface area contributed by atoms with Crippen molar-refractivity contribution >= 4 is 11.6 Å². The highest BCUT2D eigenvalue weighted by molar-refractivity contribution is 5.98. The van der Waals surface area contributed by atoms with Gasteiger partial charge in [0, 0.05) is 11.1 Å². The number of benzene rings is 2. The summed E-state index contributed by atoms with van der Waals surface area (Å²) in [6.07, 6.45) is 0. The Kier molecular flexibility index (Phi) is 6.17. The molecule has 2 rings (SSSR count). The van der Waals surface area contributed by atoms with Gasteiger partial charge in [0.2, 0.25) is 0 Å². The molecule has 0 atom stereocenters. The fourth-order valence-corrected chi connectivity index (χ4v) is 2.14. The zero-order chi connectivity index (χ0) is 16.7. The van der Waals surface area contributed by atoms with Crippen LogP contribution >= 0.6 is 0 Å². The van der Waals surface area contributed by atoms with Gasteiger partial charge in [-0.3, -0.25) is 9.59 Å². The molecule has 120 valence electrons. The highest BCUT2D eigenvalue weighted by atomic mass is 16.5. The van der Waals surface area contributed by atoms with Crippen molar-refractivity contribution in [3.8, 4) is 0 Å². The van der Waals surface area contributed by atoms with Crippen LogP contribution in [0.2, 0.25) is 0 Å². The summed E-state index contributed by atoms with van der Waals surface area (Å²) in [7, 11) is 0. The molecular weight excluding hydrogens is 292 g/mol. The number of carbonyl (C=O) groups excluding carboxylic acids is 2. The van der Waals surface area contributed by atoms with Crippen LogP contribution in [0.5, 0.6) is 0 Å². The molecule has 0 aliphatic carbocycles. The van der Waals surface area contributed by atoms with Crippen LogP contribution in [-0.4, -0.2) is 24.7 Å². The van der Waals surface area contributed by atoms with Crippen molar-refractivity contribution in [1.82, 2.24) is 0 Å². The minimum Gasteiger partial charge on any atom is -0.372 e. The lowest BCUT2D eigenvalue weighted by Gasteiger charge is -2.07. The summed E-state index contributed by atoms with van der Waals surface area (Å²) in [6.45, 7) is 0.827. The number of rotatable bonds is 8. The second kappa shape index (κ2) is 8.33. The summed E-state index contributed by atoms with van der Waals surface area (Å²) < 4.78 is 5.65. The first-order valence-electron chi connectivity index (χ1n) is 7.36. The monoisotopic (exact) mass is 312 g/mol. The van der Waals surface area contributed by atoms with Crippen molar-refractivity contribution in [1.29, 1.82) is 0 Å². The van der Waals surface area contributed by atoms with Crippen LogP contribution in [-0.2, 0) is 18.0 Å². The predicted octanol–water partition coefficient (Wildman–Crippen LogP) is 1.69. The maximum atomic E-state index is 11.6. The Labute approximate surface area is 135 Å². The minimum atomic E-state index is -0.0907. The van der Waals surface area contributed by atoms with Gasteiger partial charge in [-0.05, 0) is 17.2 Å². The summed E-state index contributed by atoms with van der Waals surface area (Å²) in [4.78, 5) is 23.0. The Hall–Kier alpha value is -2.34. The number of Topliss-reactive ketones (excluding diaryl/α,β-unsaturated/α-hetero) is 2. The van der Waals surface area contributed by atoms with E-state index in [0.29, 0.717) is 24.3 Å². The molecule has 0 spiro atoms. The molecule has 0 unspecified atom stereocenters. The molecule has 0 fully saturated rings. The Morgan fingerprint density at radius 2 is 1.39 bits per heavy atom. The number of hydrogen-bond donors (Lipinski definition) is 2. The highest BCUT2D eigenvalue weighted by Crippen LogP contribution is 2.10. The van der Waals surface area contributed by atoms with Gasteiger partial charge in [0.15, 0.2) is 11.6 Å². The summed E-state index contributed by atoms with van der Waals surface area (Å²) in [6, 6.07) is 14.4. The lowest BCUT2D eigenvalue weighted by Crippen LogP contribution is -2.13. The van der Waals surface area contributed by atoms with Gasteiger partial charge in [-0.25, -0.2) is 0 Å². The molecule has 0 bridgehead atoms. The van der Waals surface area contributed by atoms with E-state index in [1.54, 1.807) is 24.3 Å². The Balaban J connectivity index is 1.90. The standard InChI is InChI=1S/C18H20N2O3/c19-9-17(21)15-6-4-13(5-7-15)11-23-12-14-2-1-3-16(8-14)18(22)10-20/h1-8H,9-12,19-20H2. The lowest BCUT2D eigenvalue weighted by atomic mass is 10.1. The van der Waals surface area contributed by atoms with Gasteiger partial charge in [0.1, 0.15) is 0 Å². The van der Waals surface area contributed by atoms with Gasteiger partial charge in [0.05, 0.1) is 26.3 Å². The molecule has 0 aliphatic heterocycles. The third-order valence-electron chi connectivity index (χ3n) is 3.43. The van der Waals surface area contributed by atoms with E-state index in [0.717, 1.165) is 11.1 Å². The molecule has 0 aromatic heterocycles. The van der Waals surface area contributed by atoms with Crippen molar-refractivity contribution in [3.63, 3.8) is 0 Å². The third-order valence-corrected chi connectivity index (χ3v) is 3.43. The summed E-state index contributed by atoms with van der Waals surface area (Å²) in [5.74, 6) is -0.175. The molecule has 0 saturated heterocycles. The summed E-state index contributed by atoms with van der Waals surface area (Å²) in [5, 5.41) is 0. The molecule has 0 aliphatic rings. The average molecular weight is 312 g/mol. The fraction of sp³-hybridized carbons (Fsp3) is 0.222. The lowest BCUT2D eigenvalue weighted by molar-refractivity contribution is 0.0989. The Bertz CT molecular complexity index is 681. The molecule has 0 saturated carbocycles. The fourth-order valence-electron chi connectivity index (χ4n) is 2.14. The zero-order valence-electron chi connectivity index (χ0n) is 12.8. The predicted molar refractivity (Wildman–Crippen MR) is 88.1 cm³/mol. The summed E-state index contributed by atoms with van der Waals surface area (Å²) in [5.41, 5.74) is 13.8. The van der Waals surface area contributed by atoms with Gasteiger partial charge < -0.3 is 16.2 Å². The van der Waals surface area contributed by atoms with Crippen LogP contribution in [0.25, 0.3) is 0 Å². The average Bonchev–Trinajstić information content (AvgIpc) is 2.61. The topological polar surface area (TPSA) is 95.4 Å². The molecule has 2 aromatic carbocycles. The molecule has 5 nitrogen and oxygen atoms in total. The first-order valence-corrected chi connectivity index (χ1v) is 7.36. The Morgan fingerprint density at radius 3 is 2.04 bits per heavy atom. The molecule has 4 N–H and O–H groups in total. The third kappa shape index (κ3) is 4.82. The van der Waals surface area contributed by atoms with E-state index < -0.39 is 0 Å². The Morgan fingerprint density at radius 1 is 0.783 bits per heavy atom. The van der Waals surface area contributed by atoms with Crippen molar-refractivity contribution in [3.05, 3.63) is 70.8 Å². The summed E-state index contributed by atoms with van der Waals surface area (Å²) >= 11 is 0. The van der Waals surface area contributed by atoms with Crippen LogP contribution in [0.1, 0.15) is 31.8 Å². The largest absolute Gasteiger partial charge is 0.372 e. The van der Waals surface area contributed by atoms with E-state index in [4.69, 9.17) is 16.2 Å². The normalized spacial score (nSPS) is 10.5. The van der Waals surface area contributed by atoms with Crippen molar-refractivity contribution in [2.45, 2.75) is 13.2 Å². The van der Waals surface area contributed by atoms with E-state index in [2.05, 4.69) is 0 Å². The van der Waals surface area contributed by atoms with Gasteiger partial charge in [-0.15, -0.1) is 0 Å². The smallest absolute Gasteiger partial charge is 0.176 e. The van der Waals surface area contributed by atoms with Crippen LogP contribution in [0.15, 0.2) is 48.5 Å². The highest BCUT2D eigenvalue weighted by Gasteiger charge is 2.05. The second-order valence-corrected chi connectivity index (χ2v) is 5.14. The molecule has 2 aromatic rings. The molecule has 5 heteroatoms. The minimum absolute atomic E-state index is 0.00181. The first-order chi connectivity index (χ1) is 11.1. The maximum Gasteiger partial charge on any atom is 0.176 e. The van der Waals surface area contributed by atoms with Crippen LogP contribution in [0.4, 0.5) is 0 Å². The SMILES string of the molecule is NCC(=O)c1ccc(COCc2cccc(C(=O)CN)c2)cc1. The van der Waals surface area contributed by atoms with Crippen molar-refractivity contribution in [2.75, 3.05) is 13.1 Å². The van der Waals surface area contributed by atoms with Crippen molar-refractivity contribution in [2.24, 2.45) is 11.5 Å². The van der Waals surface area contributed by atoms with E-state index in [1.807, 2.05) is 24.3 Å². The van der Waals surface area contributed by atoms with E-state index in [9.17, 15) is 9.59 Å². The van der Waals surface area contributed by atoms with Crippen LogP contribution < -0.4 is 11.5 Å². The van der Waals surface area contributed by atoms with E-state index >= 15 is 0 Å². The maximum absolute atomic E-state index is 11.6. The van der Waals surface area contributed by atoms with Gasteiger partial charge >= 0.3 is 0 Å². The molecule has 0 heterocycles. The first kappa shape index (κ1) is 17.0. The van der Waals surface area contributed by atoms with Crippen LogP contribution in [0.3, 0.4) is 0 Å². The van der Waals surface area contributed by atoms with Gasteiger partial charge in [-0.1, -0.05) is 42.5 Å².